The van der Waals surface area contributed by atoms with Crippen LogP contribution in [0.4, 0.5) is 0 Å². The van der Waals surface area contributed by atoms with Crippen LogP contribution in [0.3, 0.4) is 0 Å². The van der Waals surface area contributed by atoms with Gasteiger partial charge in [0.2, 0.25) is 0 Å². The minimum absolute atomic E-state index is 0.0949. The number of Topliss-reactive ketones (excluding diaryl/α,β-unsaturated/α-hetero) is 1. The van der Waals surface area contributed by atoms with E-state index >= 15 is 0 Å². The average molecular weight is 203 g/mol. The van der Waals surface area contributed by atoms with Crippen molar-refractivity contribution in [1.29, 1.82) is 5.26 Å². The van der Waals surface area contributed by atoms with Crippen LogP contribution in [-0.4, -0.2) is 5.78 Å². The maximum absolute atomic E-state index is 11.8. The molecule has 0 spiro atoms. The van der Waals surface area contributed by atoms with Crippen LogP contribution in [0, 0.1) is 16.7 Å². The van der Waals surface area contributed by atoms with Gasteiger partial charge in [-0.15, -0.1) is 0 Å². The minimum Gasteiger partial charge on any atom is -0.472 e. The molecule has 78 valence electrons. The Kier molecular flexibility index (Phi) is 2.59. The number of rotatable bonds is 2. The summed E-state index contributed by atoms with van der Waals surface area (Å²) >= 11 is 0. The molecule has 1 aromatic heterocycles. The fraction of sp³-hybridized carbons (Fsp3) is 0.500. The molecule has 0 N–H and O–H groups in total. The SMILES string of the molecule is N#CC1(Cc2ccoc2)CCCCC1=O. The zero-order valence-electron chi connectivity index (χ0n) is 8.53. The molecule has 1 aliphatic carbocycles. The lowest BCUT2D eigenvalue weighted by atomic mass is 9.71. The first kappa shape index (κ1) is 9.97. The molecule has 15 heavy (non-hydrogen) atoms. The van der Waals surface area contributed by atoms with Gasteiger partial charge in [0, 0.05) is 12.8 Å². The van der Waals surface area contributed by atoms with E-state index in [0.29, 0.717) is 19.3 Å². The van der Waals surface area contributed by atoms with Crippen molar-refractivity contribution in [3.63, 3.8) is 0 Å². The fourth-order valence-corrected chi connectivity index (χ4v) is 2.18. The van der Waals surface area contributed by atoms with Crippen LogP contribution >= 0.6 is 0 Å². The third kappa shape index (κ3) is 1.80. The summed E-state index contributed by atoms with van der Waals surface area (Å²) in [7, 11) is 0. The third-order valence-electron chi connectivity index (χ3n) is 3.09. The number of carbonyl (C=O) groups excluding carboxylic acids is 1. The van der Waals surface area contributed by atoms with Gasteiger partial charge in [0.25, 0.3) is 0 Å². The van der Waals surface area contributed by atoms with E-state index in [2.05, 4.69) is 6.07 Å². The molecular weight excluding hydrogens is 190 g/mol. The highest BCUT2D eigenvalue weighted by Gasteiger charge is 2.40. The molecule has 2 rings (SSSR count). The second-order valence-electron chi connectivity index (χ2n) is 4.13. The van der Waals surface area contributed by atoms with Crippen molar-refractivity contribution in [2.45, 2.75) is 32.1 Å². The maximum Gasteiger partial charge on any atom is 0.153 e. The summed E-state index contributed by atoms with van der Waals surface area (Å²) in [5.41, 5.74) is 0.147. The molecule has 3 heteroatoms. The monoisotopic (exact) mass is 203 g/mol. The van der Waals surface area contributed by atoms with Crippen LogP contribution in [0.1, 0.15) is 31.2 Å². The summed E-state index contributed by atoms with van der Waals surface area (Å²) in [5, 5.41) is 9.21. The molecule has 0 amide bonds. The highest BCUT2D eigenvalue weighted by atomic mass is 16.3. The number of ketones is 1. The Balaban J connectivity index is 2.21. The van der Waals surface area contributed by atoms with E-state index in [1.54, 1.807) is 12.5 Å². The van der Waals surface area contributed by atoms with Gasteiger partial charge in [-0.1, -0.05) is 6.42 Å². The Morgan fingerprint density at radius 1 is 1.53 bits per heavy atom. The molecule has 0 aliphatic heterocycles. The quantitative estimate of drug-likeness (QED) is 0.741. The summed E-state index contributed by atoms with van der Waals surface area (Å²) in [4.78, 5) is 11.8. The Morgan fingerprint density at radius 3 is 3.00 bits per heavy atom. The molecule has 1 unspecified atom stereocenters. The van der Waals surface area contributed by atoms with Crippen molar-refractivity contribution in [3.05, 3.63) is 24.2 Å². The van der Waals surface area contributed by atoms with Gasteiger partial charge in [-0.3, -0.25) is 4.79 Å². The zero-order chi connectivity index (χ0) is 10.7. The summed E-state index contributed by atoms with van der Waals surface area (Å²) in [5.74, 6) is 0.0949. The van der Waals surface area contributed by atoms with E-state index in [1.807, 2.05) is 6.07 Å². The summed E-state index contributed by atoms with van der Waals surface area (Å²) < 4.78 is 4.96. The largest absolute Gasteiger partial charge is 0.472 e. The Morgan fingerprint density at radius 2 is 2.40 bits per heavy atom. The van der Waals surface area contributed by atoms with Gasteiger partial charge in [-0.2, -0.15) is 5.26 Å². The normalized spacial score (nSPS) is 26.2. The molecule has 0 bridgehead atoms. The number of nitriles is 1. The lowest BCUT2D eigenvalue weighted by molar-refractivity contribution is -0.128. The van der Waals surface area contributed by atoms with Gasteiger partial charge in [0.15, 0.2) is 5.78 Å². The highest BCUT2D eigenvalue weighted by Crippen LogP contribution is 2.35. The van der Waals surface area contributed by atoms with Crippen molar-refractivity contribution in [2.75, 3.05) is 0 Å². The molecule has 1 fully saturated rings. The van der Waals surface area contributed by atoms with E-state index in [4.69, 9.17) is 4.42 Å². The summed E-state index contributed by atoms with van der Waals surface area (Å²) in [6.45, 7) is 0. The third-order valence-corrected chi connectivity index (χ3v) is 3.09. The average Bonchev–Trinajstić information content (AvgIpc) is 2.74. The van der Waals surface area contributed by atoms with Gasteiger partial charge < -0.3 is 4.42 Å². The van der Waals surface area contributed by atoms with E-state index in [9.17, 15) is 10.1 Å². The number of hydrogen-bond donors (Lipinski definition) is 0. The van der Waals surface area contributed by atoms with Gasteiger partial charge >= 0.3 is 0 Å². The van der Waals surface area contributed by atoms with Crippen LogP contribution in [0.15, 0.2) is 23.0 Å². The molecule has 1 aromatic rings. The van der Waals surface area contributed by atoms with Gasteiger partial charge in [-0.05, 0) is 24.5 Å². The van der Waals surface area contributed by atoms with Crippen molar-refractivity contribution in [3.8, 4) is 6.07 Å². The zero-order valence-corrected chi connectivity index (χ0v) is 8.53. The molecule has 0 radical (unpaired) electrons. The Hall–Kier alpha value is -1.56. The standard InChI is InChI=1S/C12H13NO2/c13-9-12(5-2-1-3-11(12)14)7-10-4-6-15-8-10/h4,6,8H,1-3,5,7H2. The number of carbonyl (C=O) groups is 1. The number of hydrogen-bond acceptors (Lipinski definition) is 3. The van der Waals surface area contributed by atoms with Crippen LogP contribution in [0.25, 0.3) is 0 Å². The van der Waals surface area contributed by atoms with Crippen molar-refractivity contribution in [2.24, 2.45) is 5.41 Å². The first-order chi connectivity index (χ1) is 7.27. The van der Waals surface area contributed by atoms with Gasteiger partial charge in [0.05, 0.1) is 18.6 Å². The molecule has 1 saturated carbocycles. The topological polar surface area (TPSA) is 54.0 Å². The second-order valence-corrected chi connectivity index (χ2v) is 4.13. The Bertz CT molecular complexity index is 388. The highest BCUT2D eigenvalue weighted by molar-refractivity contribution is 5.88. The summed E-state index contributed by atoms with van der Waals surface area (Å²) in [6, 6.07) is 4.03. The Labute approximate surface area is 88.7 Å². The van der Waals surface area contributed by atoms with E-state index in [0.717, 1.165) is 18.4 Å². The molecule has 0 saturated heterocycles. The van der Waals surface area contributed by atoms with Crippen molar-refractivity contribution >= 4 is 5.78 Å². The summed E-state index contributed by atoms with van der Waals surface area (Å²) in [6.07, 6.45) is 6.82. The molecule has 3 nitrogen and oxygen atoms in total. The van der Waals surface area contributed by atoms with Crippen LogP contribution in [0.2, 0.25) is 0 Å². The molecule has 0 aromatic carbocycles. The first-order valence-corrected chi connectivity index (χ1v) is 5.22. The van der Waals surface area contributed by atoms with Crippen LogP contribution in [0.5, 0.6) is 0 Å². The predicted octanol–water partition coefficient (Wildman–Crippen LogP) is 2.48. The van der Waals surface area contributed by atoms with E-state index in [-0.39, 0.29) is 5.78 Å². The maximum atomic E-state index is 11.8. The second kappa shape index (κ2) is 3.90. The molecule has 1 atom stereocenters. The number of furan rings is 1. The number of nitrogens with zero attached hydrogens (tertiary/aromatic N) is 1. The molecule has 1 aliphatic rings. The van der Waals surface area contributed by atoms with Crippen molar-refractivity contribution in [1.82, 2.24) is 0 Å². The lowest BCUT2D eigenvalue weighted by Gasteiger charge is -2.28. The van der Waals surface area contributed by atoms with Gasteiger partial charge in [-0.25, -0.2) is 0 Å². The van der Waals surface area contributed by atoms with Crippen LogP contribution in [-0.2, 0) is 11.2 Å². The first-order valence-electron chi connectivity index (χ1n) is 5.22. The van der Waals surface area contributed by atoms with Crippen molar-refractivity contribution < 1.29 is 9.21 Å². The lowest BCUT2D eigenvalue weighted by Crippen LogP contribution is -2.34. The van der Waals surface area contributed by atoms with Crippen LogP contribution < -0.4 is 0 Å². The molecule has 1 heterocycles. The van der Waals surface area contributed by atoms with E-state index in [1.165, 1.54) is 0 Å². The smallest absolute Gasteiger partial charge is 0.153 e. The predicted molar refractivity (Wildman–Crippen MR) is 53.9 cm³/mol. The fourth-order valence-electron chi connectivity index (χ4n) is 2.18. The van der Waals surface area contributed by atoms with E-state index < -0.39 is 5.41 Å². The molecular formula is C12H13NO2. The van der Waals surface area contributed by atoms with Gasteiger partial charge in [0.1, 0.15) is 5.41 Å². The minimum atomic E-state index is -0.790.